The van der Waals surface area contributed by atoms with Crippen LogP contribution in [0.3, 0.4) is 0 Å². The number of nitrogens with one attached hydrogen (secondary N) is 1. The van der Waals surface area contributed by atoms with Crippen LogP contribution in [0.1, 0.15) is 11.3 Å². The molecule has 2 heterocycles. The van der Waals surface area contributed by atoms with Gasteiger partial charge in [0.05, 0.1) is 22.5 Å². The van der Waals surface area contributed by atoms with Crippen molar-refractivity contribution in [1.29, 1.82) is 5.26 Å². The number of benzene rings is 3. The summed E-state index contributed by atoms with van der Waals surface area (Å²) in [7, 11) is 0. The molecule has 0 spiro atoms. The van der Waals surface area contributed by atoms with E-state index in [4.69, 9.17) is 19.8 Å². The highest BCUT2D eigenvalue weighted by Gasteiger charge is 2.16. The van der Waals surface area contributed by atoms with Crippen molar-refractivity contribution in [3.63, 3.8) is 0 Å². The molecule has 7 nitrogen and oxygen atoms in total. The van der Waals surface area contributed by atoms with E-state index in [9.17, 15) is 4.79 Å². The lowest BCUT2D eigenvalue weighted by Crippen LogP contribution is -2.15. The van der Waals surface area contributed by atoms with Crippen LogP contribution >= 0.6 is 0 Å². The predicted molar refractivity (Wildman–Crippen MR) is 119 cm³/mol. The molecule has 0 aliphatic heterocycles. The average Bonchev–Trinajstić information content (AvgIpc) is 3.16. The maximum atomic E-state index is 13.1. The number of nitriles is 1. The molecule has 154 valence electrons. The first kappa shape index (κ1) is 20.5. The van der Waals surface area contributed by atoms with Crippen LogP contribution in [0.2, 0.25) is 0 Å². The molecule has 0 saturated carbocycles. The Labute approximate surface area is 182 Å². The fourth-order valence-electron chi connectivity index (χ4n) is 3.72. The summed E-state index contributed by atoms with van der Waals surface area (Å²) in [5, 5.41) is 12.7. The van der Waals surface area contributed by atoms with Gasteiger partial charge in [-0.1, -0.05) is 48.5 Å². The molecular weight excluding hydrogens is 404 g/mol. The smallest absolute Gasteiger partial charge is 0.293 e. The van der Waals surface area contributed by atoms with Gasteiger partial charge in [-0.05, 0) is 47.9 Å². The van der Waals surface area contributed by atoms with Gasteiger partial charge in [0.1, 0.15) is 0 Å². The number of aryl methyl sites for hydroxylation is 1. The van der Waals surface area contributed by atoms with E-state index < -0.39 is 0 Å². The fraction of sp³-hybridized carbons (Fsp3) is 0.0400. The third-order valence-electron chi connectivity index (χ3n) is 5.16. The van der Waals surface area contributed by atoms with E-state index in [2.05, 4.69) is 11.2 Å². The van der Waals surface area contributed by atoms with Crippen molar-refractivity contribution in [2.24, 2.45) is 0 Å². The second-order valence-corrected chi connectivity index (χ2v) is 7.06. The Kier molecular flexibility index (Phi) is 5.45. The maximum absolute atomic E-state index is 13.1. The number of aromatic nitrogens is 3. The lowest BCUT2D eigenvalue weighted by atomic mass is 10.0. The number of fused-ring (bicyclic) bond motifs is 2. The Bertz CT molecular complexity index is 1570. The SMILES string of the molecule is Cc1[nH]n2c(=O)c3ccc(-c4ccc(C#N)cc4)cc3nc2c1-c1ccccc1.O=C=O. The lowest BCUT2D eigenvalue weighted by molar-refractivity contribution is -0.191. The Morgan fingerprint density at radius 1 is 0.906 bits per heavy atom. The van der Waals surface area contributed by atoms with E-state index in [1.165, 1.54) is 4.52 Å². The molecule has 0 aliphatic rings. The maximum Gasteiger partial charge on any atom is 0.373 e. The zero-order valence-electron chi connectivity index (χ0n) is 17.0. The summed E-state index contributed by atoms with van der Waals surface area (Å²) in [6.07, 6.45) is 0.250. The van der Waals surface area contributed by atoms with Gasteiger partial charge in [0, 0.05) is 11.3 Å². The van der Waals surface area contributed by atoms with Gasteiger partial charge in [-0.2, -0.15) is 14.9 Å². The molecule has 0 amide bonds. The monoisotopic (exact) mass is 420 g/mol. The predicted octanol–water partition coefficient (Wildman–Crippen LogP) is 4.11. The van der Waals surface area contributed by atoms with Crippen LogP contribution in [-0.4, -0.2) is 20.7 Å². The molecule has 1 N–H and O–H groups in total. The molecule has 0 fully saturated rings. The molecule has 0 radical (unpaired) electrons. The number of nitrogens with zero attached hydrogens (tertiary/aromatic N) is 3. The summed E-state index contributed by atoms with van der Waals surface area (Å²) in [6.45, 7) is 1.95. The molecular formula is C25H16N4O3. The zero-order chi connectivity index (χ0) is 22.7. The van der Waals surface area contributed by atoms with E-state index in [0.717, 1.165) is 27.9 Å². The molecule has 7 heteroatoms. The summed E-state index contributed by atoms with van der Waals surface area (Å²) >= 11 is 0. The Hall–Kier alpha value is -4.79. The molecule has 0 aliphatic carbocycles. The Morgan fingerprint density at radius 2 is 1.56 bits per heavy atom. The minimum Gasteiger partial charge on any atom is -0.293 e. The number of hydrogen-bond acceptors (Lipinski definition) is 5. The van der Waals surface area contributed by atoms with E-state index >= 15 is 0 Å². The van der Waals surface area contributed by atoms with Crippen LogP contribution in [-0.2, 0) is 9.59 Å². The molecule has 0 bridgehead atoms. The highest BCUT2D eigenvalue weighted by molar-refractivity contribution is 5.88. The van der Waals surface area contributed by atoms with E-state index in [0.29, 0.717) is 22.1 Å². The summed E-state index contributed by atoms with van der Waals surface area (Å²) in [4.78, 5) is 34.2. The van der Waals surface area contributed by atoms with Gasteiger partial charge in [0.25, 0.3) is 5.56 Å². The van der Waals surface area contributed by atoms with E-state index in [1.807, 2.05) is 67.6 Å². The average molecular weight is 420 g/mol. The van der Waals surface area contributed by atoms with Gasteiger partial charge in [-0.15, -0.1) is 0 Å². The van der Waals surface area contributed by atoms with Crippen LogP contribution in [0.15, 0.2) is 77.6 Å². The topological polar surface area (TPSA) is 108 Å². The van der Waals surface area contributed by atoms with Crippen molar-refractivity contribution < 1.29 is 9.59 Å². The highest BCUT2D eigenvalue weighted by atomic mass is 16.2. The van der Waals surface area contributed by atoms with E-state index in [1.54, 1.807) is 12.1 Å². The molecule has 3 aromatic carbocycles. The third kappa shape index (κ3) is 3.58. The van der Waals surface area contributed by atoms with Crippen molar-refractivity contribution in [3.8, 4) is 28.3 Å². The van der Waals surface area contributed by atoms with Crippen molar-refractivity contribution in [2.45, 2.75) is 6.92 Å². The Balaban J connectivity index is 0.000000775. The Morgan fingerprint density at radius 3 is 2.22 bits per heavy atom. The third-order valence-corrected chi connectivity index (χ3v) is 5.16. The number of carbonyl (C=O) groups excluding carboxylic acids is 2. The van der Waals surface area contributed by atoms with Crippen LogP contribution < -0.4 is 5.56 Å². The molecule has 0 atom stereocenters. The number of H-pyrrole nitrogens is 1. The first-order valence-electron chi connectivity index (χ1n) is 9.67. The molecule has 0 unspecified atom stereocenters. The van der Waals surface area contributed by atoms with Crippen LogP contribution in [0.5, 0.6) is 0 Å². The van der Waals surface area contributed by atoms with Crippen LogP contribution in [0.4, 0.5) is 0 Å². The standard InChI is InChI=1S/C24H16N4O.CO2/c1-15-22(18-5-3-2-4-6-18)23-26-21-13-19(17-9-7-16(14-25)8-10-17)11-12-20(21)24(29)28(23)27-15;2-1-3/h2-13,27H,1H3;. The van der Waals surface area contributed by atoms with Gasteiger partial charge in [0.2, 0.25) is 0 Å². The van der Waals surface area contributed by atoms with Crippen molar-refractivity contribution in [3.05, 3.63) is 94.4 Å². The van der Waals surface area contributed by atoms with Crippen molar-refractivity contribution in [2.75, 3.05) is 0 Å². The first-order valence-corrected chi connectivity index (χ1v) is 9.67. The normalized spacial score (nSPS) is 10.2. The quantitative estimate of drug-likeness (QED) is 0.462. The summed E-state index contributed by atoms with van der Waals surface area (Å²) in [5.41, 5.74) is 6.50. The minimum absolute atomic E-state index is 0.123. The molecule has 0 saturated heterocycles. The van der Waals surface area contributed by atoms with Gasteiger partial charge in [0.15, 0.2) is 5.65 Å². The summed E-state index contributed by atoms with van der Waals surface area (Å²) in [5.74, 6) is 0. The zero-order valence-corrected chi connectivity index (χ0v) is 17.0. The highest BCUT2D eigenvalue weighted by Crippen LogP contribution is 2.28. The largest absolute Gasteiger partial charge is 0.373 e. The van der Waals surface area contributed by atoms with Gasteiger partial charge < -0.3 is 0 Å². The molecule has 5 rings (SSSR count). The van der Waals surface area contributed by atoms with Gasteiger partial charge in [-0.3, -0.25) is 9.89 Å². The van der Waals surface area contributed by atoms with Crippen molar-refractivity contribution in [1.82, 2.24) is 14.6 Å². The lowest BCUT2D eigenvalue weighted by Gasteiger charge is -2.05. The first-order chi connectivity index (χ1) is 15.6. The molecule has 2 aromatic heterocycles. The summed E-state index contributed by atoms with van der Waals surface area (Å²) < 4.78 is 1.52. The van der Waals surface area contributed by atoms with Crippen molar-refractivity contribution >= 4 is 22.7 Å². The second kappa shape index (κ2) is 8.52. The van der Waals surface area contributed by atoms with E-state index in [-0.39, 0.29) is 11.7 Å². The minimum atomic E-state index is -0.123. The number of rotatable bonds is 2. The molecule has 5 aromatic rings. The second-order valence-electron chi connectivity index (χ2n) is 7.06. The summed E-state index contributed by atoms with van der Waals surface area (Å²) in [6, 6.07) is 25.1. The number of aromatic amines is 1. The van der Waals surface area contributed by atoms with Gasteiger partial charge >= 0.3 is 6.15 Å². The molecule has 32 heavy (non-hydrogen) atoms. The van der Waals surface area contributed by atoms with Crippen LogP contribution in [0, 0.1) is 18.3 Å². The fourth-order valence-corrected chi connectivity index (χ4v) is 3.72. The van der Waals surface area contributed by atoms with Crippen LogP contribution in [0.25, 0.3) is 38.8 Å². The number of hydrogen-bond donors (Lipinski definition) is 1. The van der Waals surface area contributed by atoms with Gasteiger partial charge in [-0.25, -0.2) is 9.50 Å².